The van der Waals surface area contributed by atoms with Gasteiger partial charge in [0.15, 0.2) is 0 Å². The Morgan fingerprint density at radius 2 is 1.57 bits per heavy atom. The molecule has 1 fully saturated rings. The van der Waals surface area contributed by atoms with E-state index in [9.17, 15) is 27.6 Å². The van der Waals surface area contributed by atoms with E-state index < -0.39 is 33.8 Å². The zero-order valence-corrected chi connectivity index (χ0v) is 23.0. The Morgan fingerprint density at radius 3 is 2.15 bits per heavy atom. The van der Waals surface area contributed by atoms with Gasteiger partial charge in [-0.2, -0.15) is 0 Å². The van der Waals surface area contributed by atoms with Crippen molar-refractivity contribution in [2.45, 2.75) is 37.1 Å². The van der Waals surface area contributed by atoms with E-state index in [0.29, 0.717) is 22.6 Å². The highest BCUT2D eigenvalue weighted by Gasteiger charge is 2.44. The van der Waals surface area contributed by atoms with Crippen molar-refractivity contribution in [2.24, 2.45) is 5.14 Å². The van der Waals surface area contributed by atoms with Crippen LogP contribution in [-0.4, -0.2) is 49.6 Å². The van der Waals surface area contributed by atoms with E-state index in [0.717, 1.165) is 4.90 Å². The number of rotatable bonds is 9. The van der Waals surface area contributed by atoms with Crippen LogP contribution in [0.2, 0.25) is 5.02 Å². The van der Waals surface area contributed by atoms with Gasteiger partial charge in [-0.05, 0) is 66.1 Å². The van der Waals surface area contributed by atoms with Crippen molar-refractivity contribution in [3.8, 4) is 5.75 Å². The molecule has 10 nitrogen and oxygen atoms in total. The lowest BCUT2D eigenvalue weighted by atomic mass is 10.1. The van der Waals surface area contributed by atoms with Crippen LogP contribution in [0.3, 0.4) is 0 Å². The number of halogens is 1. The van der Waals surface area contributed by atoms with Crippen molar-refractivity contribution in [3.63, 3.8) is 0 Å². The molecule has 3 aromatic rings. The fourth-order valence-corrected chi connectivity index (χ4v) is 5.03. The highest BCUT2D eigenvalue weighted by molar-refractivity contribution is 7.89. The minimum atomic E-state index is -3.86. The largest absolute Gasteiger partial charge is 0.427 e. The van der Waals surface area contributed by atoms with Gasteiger partial charge in [0, 0.05) is 18.5 Å². The molecule has 0 radical (unpaired) electrons. The fourth-order valence-electron chi connectivity index (χ4n) is 4.39. The molecule has 0 saturated carbocycles. The summed E-state index contributed by atoms with van der Waals surface area (Å²) in [6, 6.07) is 17.5. The number of sulfonamides is 1. The third-order valence-electron chi connectivity index (χ3n) is 6.34. The van der Waals surface area contributed by atoms with Crippen LogP contribution < -0.4 is 14.8 Å². The lowest BCUT2D eigenvalue weighted by molar-refractivity contribution is -0.137. The zero-order chi connectivity index (χ0) is 29.0. The molecule has 0 spiro atoms. The summed E-state index contributed by atoms with van der Waals surface area (Å²) in [5, 5.41) is 5.68. The first-order valence-corrected chi connectivity index (χ1v) is 14.2. The van der Waals surface area contributed by atoms with E-state index in [1.54, 1.807) is 36.4 Å². The van der Waals surface area contributed by atoms with E-state index in [-0.39, 0.29) is 41.6 Å². The Kier molecular flexibility index (Phi) is 8.67. The Bertz CT molecular complexity index is 1540. The summed E-state index contributed by atoms with van der Waals surface area (Å²) in [5.41, 5.74) is 1.69. The molecule has 12 heteroatoms. The predicted octanol–water partition coefficient (Wildman–Crippen LogP) is 2.86. The quantitative estimate of drug-likeness (QED) is 0.232. The standard InChI is InChI=1S/C28H26ClN3O7S/c1-18(33)39-23-10-8-22(9-11-23)32-27(35)17-25(28(32)36)31(26(34)16-20-2-6-21(29)7-3-20)15-14-19-4-12-24(13-5-19)40(30,37)38/h2-13,25H,14-17H2,1H3,(H2,30,37,38). The smallest absolute Gasteiger partial charge is 0.308 e. The van der Waals surface area contributed by atoms with Crippen LogP contribution in [-0.2, 0) is 42.0 Å². The van der Waals surface area contributed by atoms with Gasteiger partial charge in [-0.1, -0.05) is 35.9 Å². The second-order valence-corrected chi connectivity index (χ2v) is 11.2. The van der Waals surface area contributed by atoms with Gasteiger partial charge in [0.2, 0.25) is 21.8 Å². The summed E-state index contributed by atoms with van der Waals surface area (Å²) in [6.07, 6.45) is 0.0735. The van der Waals surface area contributed by atoms with Crippen molar-refractivity contribution in [1.82, 2.24) is 4.90 Å². The summed E-state index contributed by atoms with van der Waals surface area (Å²) in [4.78, 5) is 53.6. The summed E-state index contributed by atoms with van der Waals surface area (Å²) >= 11 is 5.96. The number of carbonyl (C=O) groups excluding carboxylic acids is 4. The van der Waals surface area contributed by atoms with Crippen molar-refractivity contribution in [3.05, 3.63) is 88.9 Å². The van der Waals surface area contributed by atoms with Crippen molar-refractivity contribution >= 4 is 51.0 Å². The Hall–Kier alpha value is -4.06. The average Bonchev–Trinajstić information content (AvgIpc) is 3.19. The maximum Gasteiger partial charge on any atom is 0.308 e. The van der Waals surface area contributed by atoms with Crippen LogP contribution in [0, 0.1) is 0 Å². The third kappa shape index (κ3) is 6.92. The first-order valence-electron chi connectivity index (χ1n) is 12.2. The van der Waals surface area contributed by atoms with Crippen LogP contribution in [0.15, 0.2) is 77.7 Å². The van der Waals surface area contributed by atoms with Gasteiger partial charge >= 0.3 is 5.97 Å². The SMILES string of the molecule is CC(=O)Oc1ccc(N2C(=O)CC(N(CCc3ccc(S(N)(=O)=O)cc3)C(=O)Cc3ccc(Cl)cc3)C2=O)cc1. The monoisotopic (exact) mass is 583 g/mol. The number of imide groups is 1. The lowest BCUT2D eigenvalue weighted by Gasteiger charge is -2.28. The van der Waals surface area contributed by atoms with Crippen molar-refractivity contribution in [2.75, 3.05) is 11.4 Å². The first-order chi connectivity index (χ1) is 18.9. The van der Waals surface area contributed by atoms with Gasteiger partial charge in [0.1, 0.15) is 11.8 Å². The number of hydrogen-bond donors (Lipinski definition) is 1. The van der Waals surface area contributed by atoms with Crippen LogP contribution in [0.1, 0.15) is 24.5 Å². The topological polar surface area (TPSA) is 144 Å². The van der Waals surface area contributed by atoms with Gasteiger partial charge in [-0.25, -0.2) is 18.5 Å². The molecule has 1 unspecified atom stereocenters. The molecule has 3 aromatic carbocycles. The molecule has 1 aliphatic heterocycles. The minimum absolute atomic E-state index is 0.0173. The summed E-state index contributed by atoms with van der Waals surface area (Å²) in [6.45, 7) is 1.36. The highest BCUT2D eigenvalue weighted by Crippen LogP contribution is 2.28. The number of hydrogen-bond acceptors (Lipinski definition) is 7. The molecule has 0 aliphatic carbocycles. The van der Waals surface area contributed by atoms with Crippen LogP contribution in [0.4, 0.5) is 5.69 Å². The predicted molar refractivity (Wildman–Crippen MR) is 147 cm³/mol. The molecule has 3 amide bonds. The van der Waals surface area contributed by atoms with Gasteiger partial charge < -0.3 is 9.64 Å². The second-order valence-electron chi connectivity index (χ2n) is 9.20. The molecule has 1 aliphatic rings. The molecule has 1 heterocycles. The van der Waals surface area contributed by atoms with E-state index in [1.807, 2.05) is 0 Å². The molecule has 1 saturated heterocycles. The number of nitrogens with two attached hydrogens (primary N) is 1. The maximum absolute atomic E-state index is 13.5. The summed E-state index contributed by atoms with van der Waals surface area (Å²) in [7, 11) is -3.86. The summed E-state index contributed by atoms with van der Waals surface area (Å²) < 4.78 is 28.1. The van der Waals surface area contributed by atoms with Crippen LogP contribution in [0.5, 0.6) is 5.75 Å². The number of carbonyl (C=O) groups is 4. The number of primary sulfonamides is 1. The Morgan fingerprint density at radius 1 is 0.975 bits per heavy atom. The normalized spacial score (nSPS) is 15.3. The Balaban J connectivity index is 1.57. The molecule has 4 rings (SSSR count). The summed E-state index contributed by atoms with van der Waals surface area (Å²) in [5.74, 6) is -1.63. The fraction of sp³-hybridized carbons (Fsp3) is 0.214. The number of anilines is 1. The average molecular weight is 584 g/mol. The number of esters is 1. The van der Waals surface area contributed by atoms with Crippen molar-refractivity contribution in [1.29, 1.82) is 0 Å². The highest BCUT2D eigenvalue weighted by atomic mass is 35.5. The number of ether oxygens (including phenoxy) is 1. The van der Waals surface area contributed by atoms with E-state index >= 15 is 0 Å². The molecular formula is C28H26ClN3O7S. The molecule has 208 valence electrons. The molecule has 0 aromatic heterocycles. The van der Waals surface area contributed by atoms with Crippen molar-refractivity contribution < 1.29 is 32.3 Å². The Labute approximate surface area is 236 Å². The molecule has 0 bridgehead atoms. The molecule has 40 heavy (non-hydrogen) atoms. The third-order valence-corrected chi connectivity index (χ3v) is 7.52. The zero-order valence-electron chi connectivity index (χ0n) is 21.4. The minimum Gasteiger partial charge on any atom is -0.427 e. The van der Waals surface area contributed by atoms with E-state index in [2.05, 4.69) is 0 Å². The van der Waals surface area contributed by atoms with E-state index in [1.165, 1.54) is 48.2 Å². The molecular weight excluding hydrogens is 558 g/mol. The number of amides is 3. The van der Waals surface area contributed by atoms with Gasteiger partial charge in [-0.15, -0.1) is 0 Å². The van der Waals surface area contributed by atoms with Gasteiger partial charge in [0.25, 0.3) is 5.91 Å². The van der Waals surface area contributed by atoms with Gasteiger partial charge in [-0.3, -0.25) is 19.2 Å². The number of benzene rings is 3. The lowest BCUT2D eigenvalue weighted by Crippen LogP contribution is -2.47. The second kappa shape index (κ2) is 12.0. The number of nitrogens with zero attached hydrogens (tertiary/aromatic N) is 2. The van der Waals surface area contributed by atoms with Crippen LogP contribution in [0.25, 0.3) is 0 Å². The maximum atomic E-state index is 13.5. The molecule has 2 N–H and O–H groups in total. The molecule has 1 atom stereocenters. The van der Waals surface area contributed by atoms with Gasteiger partial charge in [0.05, 0.1) is 23.4 Å². The first kappa shape index (κ1) is 28.9. The van der Waals surface area contributed by atoms with Crippen LogP contribution >= 0.6 is 11.6 Å². The van der Waals surface area contributed by atoms with E-state index in [4.69, 9.17) is 21.5 Å².